The molecule has 1 N–H and O–H groups in total. The Balaban J connectivity index is 1.94. The van der Waals surface area contributed by atoms with E-state index in [0.29, 0.717) is 12.2 Å². The summed E-state index contributed by atoms with van der Waals surface area (Å²) in [4.78, 5) is 11.6. The van der Waals surface area contributed by atoms with Crippen molar-refractivity contribution in [2.45, 2.75) is 6.54 Å². The molecular weight excluding hydrogens is 240 g/mol. The highest BCUT2D eigenvalue weighted by Gasteiger charge is 1.98. The van der Waals surface area contributed by atoms with E-state index in [1.165, 1.54) is 6.08 Å². The van der Waals surface area contributed by atoms with Gasteiger partial charge >= 0.3 is 0 Å². The van der Waals surface area contributed by atoms with Gasteiger partial charge in [0.25, 0.3) is 0 Å². The first kappa shape index (κ1) is 12.8. The second-order valence-corrected chi connectivity index (χ2v) is 3.84. The van der Waals surface area contributed by atoms with Crippen LogP contribution in [-0.4, -0.2) is 20.9 Å². The molecule has 2 rings (SSSR count). The van der Waals surface area contributed by atoms with Crippen molar-refractivity contribution in [1.82, 2.24) is 15.0 Å². The van der Waals surface area contributed by atoms with Gasteiger partial charge in [0.15, 0.2) is 0 Å². The zero-order chi connectivity index (χ0) is 13.5. The van der Waals surface area contributed by atoms with Gasteiger partial charge < -0.3 is 5.32 Å². The standard InChI is InChI=1S/C14H14N4O/c1-2-10-18-11-13(16-17-18)8-9-14(19)15-12-6-4-3-5-7-12/h2-9,11H,1,10H2,(H,15,19)/b9-8-. The average Bonchev–Trinajstić information content (AvgIpc) is 2.86. The van der Waals surface area contributed by atoms with E-state index in [1.54, 1.807) is 23.0 Å². The zero-order valence-electron chi connectivity index (χ0n) is 10.4. The Morgan fingerprint density at radius 1 is 1.37 bits per heavy atom. The fourth-order valence-corrected chi connectivity index (χ4v) is 1.48. The Hall–Kier alpha value is -2.69. The average molecular weight is 254 g/mol. The van der Waals surface area contributed by atoms with E-state index < -0.39 is 0 Å². The maximum absolute atomic E-state index is 11.6. The Labute approximate surface area is 111 Å². The topological polar surface area (TPSA) is 59.8 Å². The van der Waals surface area contributed by atoms with Crippen molar-refractivity contribution in [1.29, 1.82) is 0 Å². The Kier molecular flexibility index (Phi) is 4.23. The molecule has 0 fully saturated rings. The van der Waals surface area contributed by atoms with Crippen LogP contribution in [0.5, 0.6) is 0 Å². The number of benzene rings is 1. The molecule has 0 aliphatic rings. The molecule has 96 valence electrons. The van der Waals surface area contributed by atoms with Crippen LogP contribution in [0.2, 0.25) is 0 Å². The lowest BCUT2D eigenvalue weighted by Gasteiger charge is -1.99. The number of anilines is 1. The molecular formula is C14H14N4O. The van der Waals surface area contributed by atoms with Crippen molar-refractivity contribution in [2.75, 3.05) is 5.32 Å². The fourth-order valence-electron chi connectivity index (χ4n) is 1.48. The van der Waals surface area contributed by atoms with E-state index in [2.05, 4.69) is 22.2 Å². The van der Waals surface area contributed by atoms with E-state index in [0.717, 1.165) is 5.69 Å². The lowest BCUT2D eigenvalue weighted by Crippen LogP contribution is -2.07. The van der Waals surface area contributed by atoms with E-state index in [4.69, 9.17) is 0 Å². The van der Waals surface area contributed by atoms with Gasteiger partial charge in [-0.25, -0.2) is 4.68 Å². The summed E-state index contributed by atoms with van der Waals surface area (Å²) in [5.74, 6) is -0.204. The number of rotatable bonds is 5. The summed E-state index contributed by atoms with van der Waals surface area (Å²) < 4.78 is 1.64. The van der Waals surface area contributed by atoms with Gasteiger partial charge in [-0.2, -0.15) is 0 Å². The van der Waals surface area contributed by atoms with E-state index >= 15 is 0 Å². The first-order chi connectivity index (χ1) is 9.28. The van der Waals surface area contributed by atoms with Gasteiger partial charge in [-0.1, -0.05) is 29.5 Å². The van der Waals surface area contributed by atoms with Gasteiger partial charge in [0, 0.05) is 11.8 Å². The fraction of sp³-hybridized carbons (Fsp3) is 0.0714. The van der Waals surface area contributed by atoms with Crippen LogP contribution in [0.3, 0.4) is 0 Å². The zero-order valence-corrected chi connectivity index (χ0v) is 10.4. The monoisotopic (exact) mass is 254 g/mol. The smallest absolute Gasteiger partial charge is 0.248 e. The molecule has 5 heteroatoms. The maximum Gasteiger partial charge on any atom is 0.248 e. The number of amides is 1. The summed E-state index contributed by atoms with van der Waals surface area (Å²) in [5.41, 5.74) is 1.39. The van der Waals surface area contributed by atoms with Crippen molar-refractivity contribution in [2.24, 2.45) is 0 Å². The SMILES string of the molecule is C=CCn1cc(/C=C\C(=O)Nc2ccccc2)nn1. The molecule has 0 spiro atoms. The predicted octanol–water partition coefficient (Wildman–Crippen LogP) is 2.12. The van der Waals surface area contributed by atoms with Gasteiger partial charge in [0.05, 0.1) is 12.7 Å². The summed E-state index contributed by atoms with van der Waals surface area (Å²) in [6, 6.07) is 9.27. The van der Waals surface area contributed by atoms with E-state index in [-0.39, 0.29) is 5.91 Å². The largest absolute Gasteiger partial charge is 0.323 e. The number of aromatic nitrogens is 3. The molecule has 0 bridgehead atoms. The highest BCUT2D eigenvalue weighted by molar-refractivity contribution is 6.01. The third-order valence-corrected chi connectivity index (χ3v) is 2.32. The van der Waals surface area contributed by atoms with Crippen LogP contribution < -0.4 is 5.32 Å². The molecule has 1 amide bonds. The predicted molar refractivity (Wildman–Crippen MR) is 74.3 cm³/mol. The molecule has 0 atom stereocenters. The van der Waals surface area contributed by atoms with Crippen LogP contribution in [0.15, 0.2) is 55.3 Å². The quantitative estimate of drug-likeness (QED) is 0.656. The summed E-state index contributed by atoms with van der Waals surface area (Å²) in [5, 5.41) is 10.5. The molecule has 0 saturated heterocycles. The van der Waals surface area contributed by atoms with Gasteiger partial charge in [-0.15, -0.1) is 11.7 Å². The molecule has 0 aliphatic carbocycles. The maximum atomic E-state index is 11.6. The van der Waals surface area contributed by atoms with Crippen LogP contribution in [0.4, 0.5) is 5.69 Å². The Morgan fingerprint density at radius 3 is 2.89 bits per heavy atom. The van der Waals surface area contributed by atoms with Crippen LogP contribution in [0, 0.1) is 0 Å². The van der Waals surface area contributed by atoms with Crippen molar-refractivity contribution in [3.05, 3.63) is 61.0 Å². The van der Waals surface area contributed by atoms with Crippen LogP contribution in [0.1, 0.15) is 5.69 Å². The lowest BCUT2D eigenvalue weighted by atomic mass is 10.3. The Morgan fingerprint density at radius 2 is 2.16 bits per heavy atom. The van der Waals surface area contributed by atoms with Gasteiger partial charge in [0.1, 0.15) is 5.69 Å². The summed E-state index contributed by atoms with van der Waals surface area (Å²) in [6.07, 6.45) is 6.51. The number of nitrogens with one attached hydrogen (secondary N) is 1. The lowest BCUT2D eigenvalue weighted by molar-refractivity contribution is -0.111. The second-order valence-electron chi connectivity index (χ2n) is 3.84. The molecule has 1 heterocycles. The molecule has 5 nitrogen and oxygen atoms in total. The molecule has 0 aliphatic heterocycles. The number of nitrogens with zero attached hydrogens (tertiary/aromatic N) is 3. The highest BCUT2D eigenvalue weighted by Crippen LogP contribution is 2.05. The first-order valence-electron chi connectivity index (χ1n) is 5.83. The van der Waals surface area contributed by atoms with Gasteiger partial charge in [0.2, 0.25) is 5.91 Å². The van der Waals surface area contributed by atoms with Crippen LogP contribution in [0.25, 0.3) is 6.08 Å². The molecule has 1 aromatic heterocycles. The van der Waals surface area contributed by atoms with Crippen molar-refractivity contribution >= 4 is 17.7 Å². The second kappa shape index (κ2) is 6.30. The number of hydrogen-bond acceptors (Lipinski definition) is 3. The highest BCUT2D eigenvalue weighted by atomic mass is 16.1. The van der Waals surface area contributed by atoms with E-state index in [1.807, 2.05) is 30.3 Å². The number of carbonyl (C=O) groups is 1. The number of allylic oxidation sites excluding steroid dienone is 1. The minimum absolute atomic E-state index is 0.204. The molecule has 0 radical (unpaired) electrons. The molecule has 0 saturated carbocycles. The third-order valence-electron chi connectivity index (χ3n) is 2.32. The van der Waals surface area contributed by atoms with Crippen molar-refractivity contribution in [3.63, 3.8) is 0 Å². The van der Waals surface area contributed by atoms with Crippen LogP contribution in [-0.2, 0) is 11.3 Å². The summed E-state index contributed by atoms with van der Waals surface area (Å²) >= 11 is 0. The number of hydrogen-bond donors (Lipinski definition) is 1. The molecule has 19 heavy (non-hydrogen) atoms. The van der Waals surface area contributed by atoms with Gasteiger partial charge in [-0.05, 0) is 18.2 Å². The number of para-hydroxylation sites is 1. The van der Waals surface area contributed by atoms with Crippen molar-refractivity contribution in [3.8, 4) is 0 Å². The molecule has 0 unspecified atom stereocenters. The molecule has 1 aromatic carbocycles. The Bertz CT molecular complexity index is 587. The van der Waals surface area contributed by atoms with E-state index in [9.17, 15) is 4.79 Å². The first-order valence-corrected chi connectivity index (χ1v) is 5.83. The minimum atomic E-state index is -0.204. The third kappa shape index (κ3) is 3.92. The summed E-state index contributed by atoms with van der Waals surface area (Å²) in [6.45, 7) is 4.21. The normalized spacial score (nSPS) is 10.5. The minimum Gasteiger partial charge on any atom is -0.323 e. The van der Waals surface area contributed by atoms with Crippen LogP contribution >= 0.6 is 0 Å². The van der Waals surface area contributed by atoms with Crippen molar-refractivity contribution < 1.29 is 4.79 Å². The summed E-state index contributed by atoms with van der Waals surface area (Å²) in [7, 11) is 0. The van der Waals surface area contributed by atoms with Gasteiger partial charge in [-0.3, -0.25) is 4.79 Å². The number of carbonyl (C=O) groups excluding carboxylic acids is 1. The molecule has 2 aromatic rings.